The van der Waals surface area contributed by atoms with Crippen LogP contribution in [0.15, 0.2) is 54.6 Å². The van der Waals surface area contributed by atoms with Crippen LogP contribution in [0.5, 0.6) is 17.4 Å². The van der Waals surface area contributed by atoms with Gasteiger partial charge >= 0.3 is 0 Å². The third kappa shape index (κ3) is 7.55. The molecular weight excluding hydrogens is 470 g/mol. The van der Waals surface area contributed by atoms with E-state index in [-0.39, 0.29) is 18.8 Å². The molecule has 2 atom stereocenters. The van der Waals surface area contributed by atoms with Crippen LogP contribution in [0.3, 0.4) is 0 Å². The van der Waals surface area contributed by atoms with Crippen LogP contribution in [0.4, 0.5) is 0 Å². The largest absolute Gasteiger partial charge is 0.497 e. The maximum Gasteiger partial charge on any atom is 0.222 e. The Morgan fingerprint density at radius 1 is 1.14 bits per heavy atom. The summed E-state index contributed by atoms with van der Waals surface area (Å²) >= 11 is 0. The molecule has 0 saturated carbocycles. The van der Waals surface area contributed by atoms with Crippen molar-refractivity contribution in [1.29, 1.82) is 0 Å². The SMILES string of the molecule is COc1cccc(Oc2c(CN(C[C@H](O)COC(C)C)C[C@@H]3CCCO3)c(-c3ccccc3)nn2C)c1. The van der Waals surface area contributed by atoms with Crippen molar-refractivity contribution in [3.8, 4) is 28.6 Å². The van der Waals surface area contributed by atoms with Crippen LogP contribution in [-0.4, -0.2) is 71.5 Å². The quantitative estimate of drug-likeness (QED) is 0.359. The van der Waals surface area contributed by atoms with Gasteiger partial charge in [-0.3, -0.25) is 4.90 Å². The van der Waals surface area contributed by atoms with Gasteiger partial charge in [-0.2, -0.15) is 5.10 Å². The van der Waals surface area contributed by atoms with Gasteiger partial charge in [-0.25, -0.2) is 4.68 Å². The lowest BCUT2D eigenvalue weighted by Crippen LogP contribution is -2.39. The fourth-order valence-corrected chi connectivity index (χ4v) is 4.58. The lowest BCUT2D eigenvalue weighted by Gasteiger charge is -2.28. The number of ether oxygens (including phenoxy) is 4. The molecule has 2 aromatic carbocycles. The van der Waals surface area contributed by atoms with E-state index < -0.39 is 6.10 Å². The van der Waals surface area contributed by atoms with Crippen molar-refractivity contribution < 1.29 is 24.1 Å². The molecule has 0 unspecified atom stereocenters. The van der Waals surface area contributed by atoms with Crippen LogP contribution >= 0.6 is 0 Å². The summed E-state index contributed by atoms with van der Waals surface area (Å²) in [6.45, 7) is 6.71. The summed E-state index contributed by atoms with van der Waals surface area (Å²) < 4.78 is 25.2. The van der Waals surface area contributed by atoms with Gasteiger partial charge in [0.15, 0.2) is 0 Å². The van der Waals surface area contributed by atoms with E-state index in [1.165, 1.54) is 0 Å². The predicted molar refractivity (Wildman–Crippen MR) is 143 cm³/mol. The van der Waals surface area contributed by atoms with Crippen LogP contribution in [0.2, 0.25) is 0 Å². The second-order valence-corrected chi connectivity index (χ2v) is 9.77. The molecule has 1 aliphatic rings. The number of aliphatic hydroxyl groups excluding tert-OH is 1. The third-order valence-electron chi connectivity index (χ3n) is 6.35. The average molecular weight is 510 g/mol. The fraction of sp³-hybridized carbons (Fsp3) is 0.483. The Hall–Kier alpha value is -2.91. The van der Waals surface area contributed by atoms with Gasteiger partial charge in [0.2, 0.25) is 5.88 Å². The van der Waals surface area contributed by atoms with Crippen molar-refractivity contribution in [3.05, 3.63) is 60.2 Å². The van der Waals surface area contributed by atoms with E-state index >= 15 is 0 Å². The number of methoxy groups -OCH3 is 1. The number of benzene rings is 2. The summed E-state index contributed by atoms with van der Waals surface area (Å²) in [5.74, 6) is 2.04. The Kier molecular flexibility index (Phi) is 9.57. The smallest absolute Gasteiger partial charge is 0.222 e. The molecule has 0 radical (unpaired) electrons. The molecule has 0 aliphatic carbocycles. The van der Waals surface area contributed by atoms with Crippen LogP contribution in [0, 0.1) is 0 Å². The van der Waals surface area contributed by atoms with E-state index in [1.54, 1.807) is 11.8 Å². The van der Waals surface area contributed by atoms with Crippen molar-refractivity contribution in [3.63, 3.8) is 0 Å². The van der Waals surface area contributed by atoms with E-state index in [0.29, 0.717) is 31.3 Å². The van der Waals surface area contributed by atoms with Gasteiger partial charge in [-0.15, -0.1) is 0 Å². The molecule has 4 rings (SSSR count). The number of aromatic nitrogens is 2. The fourth-order valence-electron chi connectivity index (χ4n) is 4.58. The summed E-state index contributed by atoms with van der Waals surface area (Å²) in [5, 5.41) is 15.7. The Morgan fingerprint density at radius 3 is 2.62 bits per heavy atom. The monoisotopic (exact) mass is 509 g/mol. The molecule has 8 heteroatoms. The van der Waals surface area contributed by atoms with Crippen molar-refractivity contribution >= 4 is 0 Å². The van der Waals surface area contributed by atoms with Gasteiger partial charge in [0.25, 0.3) is 0 Å². The molecular formula is C29H39N3O5. The first-order chi connectivity index (χ1) is 17.9. The molecule has 37 heavy (non-hydrogen) atoms. The van der Waals surface area contributed by atoms with E-state index in [2.05, 4.69) is 17.0 Å². The number of aliphatic hydroxyl groups is 1. The van der Waals surface area contributed by atoms with Crippen LogP contribution < -0.4 is 9.47 Å². The van der Waals surface area contributed by atoms with Gasteiger partial charge in [0, 0.05) is 44.9 Å². The van der Waals surface area contributed by atoms with Crippen LogP contribution in [-0.2, 0) is 23.1 Å². The second-order valence-electron chi connectivity index (χ2n) is 9.77. The second kappa shape index (κ2) is 13.1. The van der Waals surface area contributed by atoms with Gasteiger partial charge in [0.05, 0.1) is 37.6 Å². The molecule has 1 aromatic heterocycles. The van der Waals surface area contributed by atoms with Gasteiger partial charge in [-0.1, -0.05) is 36.4 Å². The molecule has 0 amide bonds. The number of rotatable bonds is 13. The van der Waals surface area contributed by atoms with Crippen molar-refractivity contribution in [2.24, 2.45) is 7.05 Å². The molecule has 0 bridgehead atoms. The Morgan fingerprint density at radius 2 is 1.92 bits per heavy atom. The summed E-state index contributed by atoms with van der Waals surface area (Å²) in [5.41, 5.74) is 2.81. The minimum absolute atomic E-state index is 0.0622. The predicted octanol–water partition coefficient (Wildman–Crippen LogP) is 4.65. The summed E-state index contributed by atoms with van der Waals surface area (Å²) in [6.07, 6.45) is 1.65. The summed E-state index contributed by atoms with van der Waals surface area (Å²) in [6, 6.07) is 17.7. The molecule has 2 heterocycles. The Bertz CT molecular complexity index is 1110. The first-order valence-electron chi connectivity index (χ1n) is 13.0. The van der Waals surface area contributed by atoms with Crippen molar-refractivity contribution in [2.45, 2.75) is 51.5 Å². The molecule has 1 N–H and O–H groups in total. The first-order valence-corrected chi connectivity index (χ1v) is 13.0. The highest BCUT2D eigenvalue weighted by Crippen LogP contribution is 2.35. The van der Waals surface area contributed by atoms with E-state index in [0.717, 1.165) is 42.0 Å². The highest BCUT2D eigenvalue weighted by Gasteiger charge is 2.26. The zero-order chi connectivity index (χ0) is 26.2. The molecule has 1 aliphatic heterocycles. The number of hydrogen-bond donors (Lipinski definition) is 1. The van der Waals surface area contributed by atoms with Crippen molar-refractivity contribution in [1.82, 2.24) is 14.7 Å². The zero-order valence-electron chi connectivity index (χ0n) is 22.3. The summed E-state index contributed by atoms with van der Waals surface area (Å²) in [4.78, 5) is 2.23. The maximum absolute atomic E-state index is 10.8. The lowest BCUT2D eigenvalue weighted by molar-refractivity contribution is -0.0172. The lowest BCUT2D eigenvalue weighted by atomic mass is 10.1. The van der Waals surface area contributed by atoms with E-state index in [9.17, 15) is 5.11 Å². The van der Waals surface area contributed by atoms with E-state index in [4.69, 9.17) is 24.0 Å². The zero-order valence-corrected chi connectivity index (χ0v) is 22.3. The molecule has 0 spiro atoms. The standard InChI is InChI=1S/C29H39N3O5/c1-21(2)36-20-23(33)17-32(18-26-14-9-15-35-26)19-27-28(22-10-6-5-7-11-22)30-31(3)29(27)37-25-13-8-12-24(16-25)34-4/h5-8,10-13,16,21,23,26,33H,9,14-15,17-20H2,1-4H3/t23-,26-/m0/s1. The maximum atomic E-state index is 10.8. The average Bonchev–Trinajstić information content (AvgIpc) is 3.52. The highest BCUT2D eigenvalue weighted by molar-refractivity contribution is 5.65. The molecule has 1 saturated heterocycles. The normalized spacial score (nSPS) is 16.5. The van der Waals surface area contributed by atoms with Gasteiger partial charge < -0.3 is 24.1 Å². The van der Waals surface area contributed by atoms with Crippen molar-refractivity contribution in [2.75, 3.05) is 33.4 Å². The molecule has 200 valence electrons. The molecule has 8 nitrogen and oxygen atoms in total. The Balaban J connectivity index is 1.66. The van der Waals surface area contributed by atoms with Crippen LogP contribution in [0.25, 0.3) is 11.3 Å². The number of nitrogens with zero attached hydrogens (tertiary/aromatic N) is 3. The molecule has 1 fully saturated rings. The molecule has 3 aromatic rings. The van der Waals surface area contributed by atoms with Crippen LogP contribution in [0.1, 0.15) is 32.3 Å². The van der Waals surface area contributed by atoms with Gasteiger partial charge in [-0.05, 0) is 38.8 Å². The number of aryl methyl sites for hydroxylation is 1. The minimum Gasteiger partial charge on any atom is -0.497 e. The highest BCUT2D eigenvalue weighted by atomic mass is 16.5. The number of hydrogen-bond acceptors (Lipinski definition) is 7. The minimum atomic E-state index is -0.622. The summed E-state index contributed by atoms with van der Waals surface area (Å²) in [7, 11) is 3.53. The third-order valence-corrected chi connectivity index (χ3v) is 6.35. The van der Waals surface area contributed by atoms with E-state index in [1.807, 2.05) is 63.4 Å². The van der Waals surface area contributed by atoms with Gasteiger partial charge in [0.1, 0.15) is 17.2 Å². The topological polar surface area (TPSA) is 78.2 Å². The first kappa shape index (κ1) is 27.1. The Labute approximate surface area is 219 Å².